The molecule has 0 aliphatic carbocycles. The summed E-state index contributed by atoms with van der Waals surface area (Å²) in [6, 6.07) is 16.1. The van der Waals surface area contributed by atoms with Gasteiger partial charge in [-0.1, -0.05) is 55.3 Å². The summed E-state index contributed by atoms with van der Waals surface area (Å²) in [4.78, 5) is 16.8. The predicted octanol–water partition coefficient (Wildman–Crippen LogP) is 7.55. The van der Waals surface area contributed by atoms with E-state index in [4.69, 9.17) is 16.3 Å². The first-order valence-corrected chi connectivity index (χ1v) is 11.6. The van der Waals surface area contributed by atoms with E-state index in [1.165, 1.54) is 0 Å². The molecule has 4 nitrogen and oxygen atoms in total. The molecule has 2 aromatic carbocycles. The van der Waals surface area contributed by atoms with E-state index >= 15 is 0 Å². The number of fused-ring (bicyclic) bond motifs is 1. The number of nitrogens with zero attached hydrogens (tertiary/aromatic N) is 1. The van der Waals surface area contributed by atoms with Crippen molar-refractivity contribution in [1.82, 2.24) is 9.55 Å². The highest BCUT2D eigenvalue weighted by atomic mass is 35.5. The quantitative estimate of drug-likeness (QED) is 0.296. The van der Waals surface area contributed by atoms with Crippen LogP contribution in [0.25, 0.3) is 33.3 Å². The molecule has 0 bridgehead atoms. The first kappa shape index (κ1) is 22.2. The van der Waals surface area contributed by atoms with Gasteiger partial charge in [-0.05, 0) is 51.0 Å². The van der Waals surface area contributed by atoms with E-state index in [1.54, 1.807) is 0 Å². The molecule has 166 valence electrons. The summed E-state index contributed by atoms with van der Waals surface area (Å²) < 4.78 is 7.77. The number of ether oxygens (including phenoxy) is 1. The summed E-state index contributed by atoms with van der Waals surface area (Å²) in [6.07, 6.45) is 2.13. The molecular formula is C27H29ClN2O2. The smallest absolute Gasteiger partial charge is 0.340 e. The fraction of sp³-hybridized carbons (Fsp3) is 0.296. The van der Waals surface area contributed by atoms with Crippen molar-refractivity contribution < 1.29 is 9.53 Å². The summed E-state index contributed by atoms with van der Waals surface area (Å²) in [5, 5.41) is 1.66. The summed E-state index contributed by atoms with van der Waals surface area (Å²) in [6.45, 7) is 9.33. The highest BCUT2D eigenvalue weighted by molar-refractivity contribution is 6.31. The molecule has 0 amide bonds. The van der Waals surface area contributed by atoms with Crippen LogP contribution < -0.4 is 0 Å². The molecule has 2 aromatic heterocycles. The average molecular weight is 449 g/mol. The van der Waals surface area contributed by atoms with Crippen LogP contribution in [0.15, 0.2) is 48.5 Å². The van der Waals surface area contributed by atoms with Crippen LogP contribution in [0.2, 0.25) is 5.02 Å². The van der Waals surface area contributed by atoms with Gasteiger partial charge in [0.05, 0.1) is 17.9 Å². The van der Waals surface area contributed by atoms with E-state index in [1.807, 2.05) is 50.2 Å². The Bertz CT molecular complexity index is 1270. The number of halogens is 1. The molecule has 2 heterocycles. The van der Waals surface area contributed by atoms with Crippen LogP contribution in [0.4, 0.5) is 0 Å². The molecular weight excluding hydrogens is 420 g/mol. The van der Waals surface area contributed by atoms with Gasteiger partial charge in [0.25, 0.3) is 0 Å². The van der Waals surface area contributed by atoms with Crippen LogP contribution in [0, 0.1) is 13.8 Å². The zero-order chi connectivity index (χ0) is 22.8. The zero-order valence-corrected chi connectivity index (χ0v) is 19.8. The topological polar surface area (TPSA) is 47.0 Å². The Hall–Kier alpha value is -2.98. The Morgan fingerprint density at radius 1 is 1.03 bits per heavy atom. The van der Waals surface area contributed by atoms with Gasteiger partial charge in [0, 0.05) is 45.0 Å². The van der Waals surface area contributed by atoms with Crippen LogP contribution in [-0.4, -0.2) is 22.1 Å². The second-order valence-corrected chi connectivity index (χ2v) is 8.51. The number of carbonyl (C=O) groups is 1. The Kier molecular flexibility index (Phi) is 6.43. The van der Waals surface area contributed by atoms with Crippen LogP contribution in [0.3, 0.4) is 0 Å². The Labute approximate surface area is 194 Å². The Balaban J connectivity index is 2.10. The largest absolute Gasteiger partial charge is 0.462 e. The maximum absolute atomic E-state index is 13.2. The molecule has 32 heavy (non-hydrogen) atoms. The molecule has 0 saturated carbocycles. The molecule has 0 spiro atoms. The molecule has 0 fully saturated rings. The number of hydrogen-bond acceptors (Lipinski definition) is 2. The van der Waals surface area contributed by atoms with Crippen molar-refractivity contribution in [3.05, 3.63) is 70.5 Å². The number of nitrogens with one attached hydrogen (secondary N) is 1. The van der Waals surface area contributed by atoms with E-state index in [9.17, 15) is 4.79 Å². The number of benzene rings is 2. The summed E-state index contributed by atoms with van der Waals surface area (Å²) >= 11 is 6.42. The first-order valence-electron chi connectivity index (χ1n) is 11.2. The van der Waals surface area contributed by atoms with Crippen molar-refractivity contribution in [3.63, 3.8) is 0 Å². The molecule has 0 saturated heterocycles. The van der Waals surface area contributed by atoms with Gasteiger partial charge in [-0.2, -0.15) is 0 Å². The molecule has 1 N–H and O–H groups in total. The highest BCUT2D eigenvalue weighted by Crippen LogP contribution is 2.44. The number of hydrogen-bond donors (Lipinski definition) is 1. The van der Waals surface area contributed by atoms with E-state index in [-0.39, 0.29) is 5.97 Å². The van der Waals surface area contributed by atoms with Gasteiger partial charge in [0.1, 0.15) is 0 Å². The second kappa shape index (κ2) is 9.25. The summed E-state index contributed by atoms with van der Waals surface area (Å²) in [5.74, 6) is -0.284. The van der Waals surface area contributed by atoms with Crippen LogP contribution >= 0.6 is 11.6 Å². The van der Waals surface area contributed by atoms with Gasteiger partial charge in [-0.25, -0.2) is 4.79 Å². The van der Waals surface area contributed by atoms with Gasteiger partial charge >= 0.3 is 5.97 Å². The Morgan fingerprint density at radius 2 is 1.78 bits per heavy atom. The van der Waals surface area contributed by atoms with E-state index in [0.717, 1.165) is 64.1 Å². The second-order valence-electron chi connectivity index (χ2n) is 8.08. The molecule has 0 atom stereocenters. The standard InChI is InChI=1S/C27H29ClN2O2/c1-5-7-15-30-17(3)23(24(18(30)4)27(31)32-6-2)25-21-16-20(28)13-14-22(21)29-26(25)19-11-9-8-10-12-19/h8-14,16,29H,5-7,15H2,1-4H3. The Morgan fingerprint density at radius 3 is 2.47 bits per heavy atom. The van der Waals surface area contributed by atoms with Gasteiger partial charge in [0.2, 0.25) is 0 Å². The monoisotopic (exact) mass is 448 g/mol. The number of unbranched alkanes of at least 4 members (excludes halogenated alkanes) is 1. The van der Waals surface area contributed by atoms with E-state index < -0.39 is 0 Å². The van der Waals surface area contributed by atoms with Crippen molar-refractivity contribution in [2.75, 3.05) is 6.61 Å². The van der Waals surface area contributed by atoms with Crippen LogP contribution in [0.1, 0.15) is 48.4 Å². The third-order valence-electron chi connectivity index (χ3n) is 6.07. The lowest BCUT2D eigenvalue weighted by Gasteiger charge is -2.10. The zero-order valence-electron chi connectivity index (χ0n) is 19.1. The molecule has 0 unspecified atom stereocenters. The maximum Gasteiger partial charge on any atom is 0.340 e. The SMILES string of the molecule is CCCCn1c(C)c(C(=O)OCC)c(-c2c(-c3ccccc3)[nH]c3ccc(Cl)cc23)c1C. The fourth-order valence-electron chi connectivity index (χ4n) is 4.54. The molecule has 0 aliphatic rings. The van der Waals surface area contributed by atoms with Gasteiger partial charge in [-0.3, -0.25) is 0 Å². The van der Waals surface area contributed by atoms with Gasteiger partial charge < -0.3 is 14.3 Å². The predicted molar refractivity (Wildman–Crippen MR) is 133 cm³/mol. The fourth-order valence-corrected chi connectivity index (χ4v) is 4.71. The number of esters is 1. The van der Waals surface area contributed by atoms with Crippen molar-refractivity contribution in [2.45, 2.75) is 47.1 Å². The van der Waals surface area contributed by atoms with Crippen LogP contribution in [0.5, 0.6) is 0 Å². The molecule has 0 radical (unpaired) electrons. The van der Waals surface area contributed by atoms with Crippen molar-refractivity contribution in [2.24, 2.45) is 0 Å². The van der Waals surface area contributed by atoms with E-state index in [0.29, 0.717) is 17.2 Å². The molecule has 5 heteroatoms. The number of aromatic amines is 1. The minimum atomic E-state index is -0.284. The minimum absolute atomic E-state index is 0.284. The number of aromatic nitrogens is 2. The normalized spacial score (nSPS) is 11.3. The lowest BCUT2D eigenvalue weighted by molar-refractivity contribution is 0.0526. The van der Waals surface area contributed by atoms with E-state index in [2.05, 4.69) is 35.5 Å². The number of carbonyl (C=O) groups excluding carboxylic acids is 1. The highest BCUT2D eigenvalue weighted by Gasteiger charge is 2.29. The van der Waals surface area contributed by atoms with Crippen molar-refractivity contribution in [1.29, 1.82) is 0 Å². The van der Waals surface area contributed by atoms with Crippen molar-refractivity contribution >= 4 is 28.5 Å². The van der Waals surface area contributed by atoms with Crippen molar-refractivity contribution in [3.8, 4) is 22.4 Å². The minimum Gasteiger partial charge on any atom is -0.462 e. The number of rotatable bonds is 7. The average Bonchev–Trinajstić information content (AvgIpc) is 3.27. The van der Waals surface area contributed by atoms with Gasteiger partial charge in [0.15, 0.2) is 0 Å². The lowest BCUT2D eigenvalue weighted by atomic mass is 9.95. The summed E-state index contributed by atoms with van der Waals surface area (Å²) in [7, 11) is 0. The molecule has 0 aliphatic heterocycles. The molecule has 4 aromatic rings. The maximum atomic E-state index is 13.2. The molecule has 4 rings (SSSR count). The van der Waals surface area contributed by atoms with Gasteiger partial charge in [-0.15, -0.1) is 0 Å². The first-order chi connectivity index (χ1) is 15.5. The summed E-state index contributed by atoms with van der Waals surface area (Å²) in [5.41, 5.74) is 7.58. The van der Waals surface area contributed by atoms with Crippen LogP contribution in [-0.2, 0) is 11.3 Å². The third-order valence-corrected chi connectivity index (χ3v) is 6.31. The lowest BCUT2D eigenvalue weighted by Crippen LogP contribution is -2.08. The number of H-pyrrole nitrogens is 1. The third kappa shape index (κ3) is 3.84.